The average Bonchev–Trinajstić information content (AvgIpc) is 2.62. The number of fused-ring (bicyclic) bond motifs is 2. The van der Waals surface area contributed by atoms with Crippen molar-refractivity contribution in [2.24, 2.45) is 0 Å². The predicted octanol–water partition coefficient (Wildman–Crippen LogP) is 7.09. The molecule has 0 N–H and O–H groups in total. The first-order valence-corrected chi connectivity index (χ1v) is 9.40. The maximum atomic E-state index is 2.42. The van der Waals surface area contributed by atoms with Crippen LogP contribution in [0, 0.1) is 0 Å². The van der Waals surface area contributed by atoms with E-state index in [9.17, 15) is 0 Å². The van der Waals surface area contributed by atoms with E-state index < -0.39 is 0 Å². The lowest BCUT2D eigenvalue weighted by Gasteiger charge is -2.42. The van der Waals surface area contributed by atoms with Gasteiger partial charge in [-0.15, -0.1) is 0 Å². The molecule has 1 heterocycles. The molecule has 0 atom stereocenters. The molecule has 0 spiro atoms. The molecule has 1 nitrogen and oxygen atoms in total. The Morgan fingerprint density at radius 1 is 0.692 bits per heavy atom. The Balaban J connectivity index is 1.99. The lowest BCUT2D eigenvalue weighted by Crippen LogP contribution is -2.30. The summed E-state index contributed by atoms with van der Waals surface area (Å²) in [6.45, 7) is 11.5. The normalized spacial score (nSPS) is 15.3. The van der Waals surface area contributed by atoms with E-state index in [0.29, 0.717) is 0 Å². The van der Waals surface area contributed by atoms with Gasteiger partial charge in [-0.05, 0) is 46.4 Å². The van der Waals surface area contributed by atoms with Crippen LogP contribution in [-0.4, -0.2) is 0 Å². The van der Waals surface area contributed by atoms with Crippen molar-refractivity contribution in [2.45, 2.75) is 45.4 Å². The SMILES string of the molecule is CC(C)(C)c1cccc(N2c3ccccc3C(C)(C)c3ccccc32)c1. The highest BCUT2D eigenvalue weighted by Gasteiger charge is 2.36. The molecule has 0 bridgehead atoms. The lowest BCUT2D eigenvalue weighted by atomic mass is 9.73. The van der Waals surface area contributed by atoms with Crippen LogP contribution in [0.3, 0.4) is 0 Å². The van der Waals surface area contributed by atoms with Gasteiger partial charge in [0.05, 0.1) is 11.4 Å². The Labute approximate surface area is 157 Å². The average molecular weight is 341 g/mol. The molecule has 132 valence electrons. The summed E-state index contributed by atoms with van der Waals surface area (Å²) in [4.78, 5) is 2.42. The van der Waals surface area contributed by atoms with Crippen LogP contribution in [-0.2, 0) is 10.8 Å². The maximum Gasteiger partial charge on any atom is 0.0502 e. The van der Waals surface area contributed by atoms with E-state index in [2.05, 4.69) is 112 Å². The van der Waals surface area contributed by atoms with Gasteiger partial charge in [0.15, 0.2) is 0 Å². The van der Waals surface area contributed by atoms with Gasteiger partial charge < -0.3 is 4.90 Å². The summed E-state index contributed by atoms with van der Waals surface area (Å²) in [7, 11) is 0. The molecule has 3 aromatic carbocycles. The fourth-order valence-electron chi connectivity index (χ4n) is 4.06. The largest absolute Gasteiger partial charge is 0.310 e. The summed E-state index contributed by atoms with van der Waals surface area (Å²) in [5.74, 6) is 0. The van der Waals surface area contributed by atoms with Crippen LogP contribution in [0.4, 0.5) is 17.1 Å². The van der Waals surface area contributed by atoms with Gasteiger partial charge >= 0.3 is 0 Å². The highest BCUT2D eigenvalue weighted by atomic mass is 15.2. The third kappa shape index (κ3) is 2.54. The van der Waals surface area contributed by atoms with Crippen LogP contribution >= 0.6 is 0 Å². The van der Waals surface area contributed by atoms with Crippen LogP contribution < -0.4 is 4.90 Å². The molecule has 0 unspecified atom stereocenters. The van der Waals surface area contributed by atoms with Crippen molar-refractivity contribution in [3.8, 4) is 0 Å². The molecule has 3 aromatic rings. The molecule has 0 amide bonds. The first-order chi connectivity index (χ1) is 12.3. The van der Waals surface area contributed by atoms with E-state index in [4.69, 9.17) is 0 Å². The summed E-state index contributed by atoms with van der Waals surface area (Å²) in [5.41, 5.74) is 8.02. The van der Waals surface area contributed by atoms with Crippen molar-refractivity contribution < 1.29 is 0 Å². The van der Waals surface area contributed by atoms with E-state index in [-0.39, 0.29) is 10.8 Å². The number of anilines is 3. The minimum Gasteiger partial charge on any atom is -0.310 e. The quantitative estimate of drug-likeness (QED) is 0.456. The molecule has 0 saturated heterocycles. The van der Waals surface area contributed by atoms with Gasteiger partial charge in [0.25, 0.3) is 0 Å². The first-order valence-electron chi connectivity index (χ1n) is 9.40. The van der Waals surface area contributed by atoms with Crippen molar-refractivity contribution in [2.75, 3.05) is 4.90 Å². The standard InChI is InChI=1S/C25H27N/c1-24(2,3)18-11-10-12-19(17-18)26-22-15-8-6-13-20(22)25(4,5)21-14-7-9-16-23(21)26/h6-17H,1-5H3. The molecule has 0 saturated carbocycles. The summed E-state index contributed by atoms with van der Waals surface area (Å²) < 4.78 is 0. The molecule has 1 aliphatic heterocycles. The zero-order valence-corrected chi connectivity index (χ0v) is 16.4. The van der Waals surface area contributed by atoms with Gasteiger partial charge in [-0.25, -0.2) is 0 Å². The smallest absolute Gasteiger partial charge is 0.0502 e. The molecule has 0 aliphatic carbocycles. The summed E-state index contributed by atoms with van der Waals surface area (Å²) >= 11 is 0. The third-order valence-electron chi connectivity index (χ3n) is 5.61. The number of hydrogen-bond donors (Lipinski definition) is 0. The second-order valence-electron chi connectivity index (χ2n) is 8.80. The second-order valence-corrected chi connectivity index (χ2v) is 8.80. The summed E-state index contributed by atoms with van der Waals surface area (Å²) in [6, 6.07) is 26.6. The Morgan fingerprint density at radius 2 is 1.23 bits per heavy atom. The highest BCUT2D eigenvalue weighted by molar-refractivity contribution is 5.85. The maximum absolute atomic E-state index is 2.42. The fraction of sp³-hybridized carbons (Fsp3) is 0.280. The molecule has 1 heteroatoms. The predicted molar refractivity (Wildman–Crippen MR) is 112 cm³/mol. The zero-order chi connectivity index (χ0) is 18.5. The van der Waals surface area contributed by atoms with E-state index in [1.165, 1.54) is 33.8 Å². The lowest BCUT2D eigenvalue weighted by molar-refractivity contribution is 0.590. The van der Waals surface area contributed by atoms with Crippen molar-refractivity contribution in [3.05, 3.63) is 89.5 Å². The molecule has 0 radical (unpaired) electrons. The summed E-state index contributed by atoms with van der Waals surface area (Å²) in [5, 5.41) is 0. The zero-order valence-electron chi connectivity index (χ0n) is 16.4. The van der Waals surface area contributed by atoms with Crippen molar-refractivity contribution >= 4 is 17.1 Å². The Bertz CT molecular complexity index is 910. The van der Waals surface area contributed by atoms with E-state index in [1.807, 2.05) is 0 Å². The van der Waals surface area contributed by atoms with Crippen LogP contribution in [0.25, 0.3) is 0 Å². The van der Waals surface area contributed by atoms with E-state index >= 15 is 0 Å². The Morgan fingerprint density at radius 3 is 1.77 bits per heavy atom. The third-order valence-corrected chi connectivity index (χ3v) is 5.61. The number of para-hydroxylation sites is 2. The molecular formula is C25H27N. The summed E-state index contributed by atoms with van der Waals surface area (Å²) in [6.07, 6.45) is 0. The monoisotopic (exact) mass is 341 g/mol. The Hall–Kier alpha value is -2.54. The van der Waals surface area contributed by atoms with Crippen LogP contribution in [0.15, 0.2) is 72.8 Å². The van der Waals surface area contributed by atoms with Crippen LogP contribution in [0.5, 0.6) is 0 Å². The van der Waals surface area contributed by atoms with Crippen molar-refractivity contribution in [1.29, 1.82) is 0 Å². The first kappa shape index (κ1) is 16.9. The van der Waals surface area contributed by atoms with Gasteiger partial charge in [0.1, 0.15) is 0 Å². The molecule has 1 aliphatic rings. The number of nitrogens with zero attached hydrogens (tertiary/aromatic N) is 1. The molecule has 0 fully saturated rings. The molecule has 26 heavy (non-hydrogen) atoms. The second kappa shape index (κ2) is 5.74. The Kier molecular flexibility index (Phi) is 3.73. The van der Waals surface area contributed by atoms with Crippen LogP contribution in [0.2, 0.25) is 0 Å². The van der Waals surface area contributed by atoms with Gasteiger partial charge in [0, 0.05) is 11.1 Å². The molecule has 0 aromatic heterocycles. The minimum atomic E-state index is -0.00861. The van der Waals surface area contributed by atoms with Gasteiger partial charge in [-0.2, -0.15) is 0 Å². The van der Waals surface area contributed by atoms with Crippen LogP contribution in [0.1, 0.15) is 51.3 Å². The van der Waals surface area contributed by atoms with E-state index in [1.54, 1.807) is 0 Å². The van der Waals surface area contributed by atoms with E-state index in [0.717, 1.165) is 0 Å². The fourth-order valence-corrected chi connectivity index (χ4v) is 4.06. The number of hydrogen-bond acceptors (Lipinski definition) is 1. The molecular weight excluding hydrogens is 314 g/mol. The van der Waals surface area contributed by atoms with Gasteiger partial charge in [-0.1, -0.05) is 83.1 Å². The number of rotatable bonds is 1. The number of benzene rings is 3. The topological polar surface area (TPSA) is 3.24 Å². The highest BCUT2D eigenvalue weighted by Crippen LogP contribution is 2.51. The van der Waals surface area contributed by atoms with Crippen molar-refractivity contribution in [1.82, 2.24) is 0 Å². The van der Waals surface area contributed by atoms with Gasteiger partial charge in [0.2, 0.25) is 0 Å². The molecule has 4 rings (SSSR count). The minimum absolute atomic E-state index is 0.00861. The van der Waals surface area contributed by atoms with Crippen molar-refractivity contribution in [3.63, 3.8) is 0 Å². The van der Waals surface area contributed by atoms with Gasteiger partial charge in [-0.3, -0.25) is 0 Å².